The van der Waals surface area contributed by atoms with Gasteiger partial charge in [0.2, 0.25) is 0 Å². The van der Waals surface area contributed by atoms with Gasteiger partial charge in [-0.15, -0.1) is 13.2 Å². The predicted molar refractivity (Wildman–Crippen MR) is 114 cm³/mol. The number of anilines is 2. The number of imide groups is 1. The molecule has 2 aliphatic rings. The summed E-state index contributed by atoms with van der Waals surface area (Å²) in [5, 5.41) is 0. The lowest BCUT2D eigenvalue weighted by Crippen LogP contribution is -2.39. The summed E-state index contributed by atoms with van der Waals surface area (Å²) in [6, 6.07) is 6.69. The molecule has 3 amide bonds. The topological polar surface area (TPSA) is 89.0 Å². The molecule has 1 saturated carbocycles. The van der Waals surface area contributed by atoms with Gasteiger partial charge in [-0.3, -0.25) is 9.69 Å². The molecule has 11 heteroatoms. The molecule has 2 fully saturated rings. The Bertz CT molecular complexity index is 1160. The van der Waals surface area contributed by atoms with Gasteiger partial charge in [-0.25, -0.2) is 19.5 Å². The molecule has 0 N–H and O–H groups in total. The van der Waals surface area contributed by atoms with E-state index in [-0.39, 0.29) is 23.0 Å². The van der Waals surface area contributed by atoms with Crippen LogP contribution in [0.5, 0.6) is 5.75 Å². The van der Waals surface area contributed by atoms with Crippen LogP contribution in [0.1, 0.15) is 44.6 Å². The van der Waals surface area contributed by atoms with Crippen LogP contribution in [0.2, 0.25) is 0 Å². The van der Waals surface area contributed by atoms with Crippen molar-refractivity contribution in [1.29, 1.82) is 0 Å². The van der Waals surface area contributed by atoms with Gasteiger partial charge in [-0.1, -0.05) is 6.92 Å². The SMILES string of the molecule is CC1CC12C(=O)N(c1ccc(OC(F)(F)F)cc1)C(=O)N2c1ccnc(C(=O)OC(C)(C)C)c1. The summed E-state index contributed by atoms with van der Waals surface area (Å²) in [6.45, 7) is 6.95. The standard InChI is InChI=1S/C23H22F3N3O5/c1-13-12-22(13)19(31)28(14-5-7-16(8-6-14)33-23(24,25)26)20(32)29(22)15-9-10-27-17(11-15)18(30)34-21(2,3)4/h5-11,13H,12H2,1-4H3. The molecule has 0 radical (unpaired) electrons. The van der Waals surface area contributed by atoms with Crippen LogP contribution in [-0.4, -0.2) is 40.4 Å². The number of hydrogen-bond donors (Lipinski definition) is 0. The molecule has 2 aromatic rings. The Hall–Kier alpha value is -3.63. The van der Waals surface area contributed by atoms with Gasteiger partial charge < -0.3 is 9.47 Å². The first-order valence-corrected chi connectivity index (χ1v) is 10.5. The van der Waals surface area contributed by atoms with E-state index in [0.29, 0.717) is 6.42 Å². The number of rotatable bonds is 4. The number of carbonyl (C=O) groups excluding carboxylic acids is 3. The number of hydrogen-bond acceptors (Lipinski definition) is 6. The maximum atomic E-state index is 13.4. The highest BCUT2D eigenvalue weighted by Gasteiger charge is 2.70. The van der Waals surface area contributed by atoms with E-state index < -0.39 is 41.2 Å². The fourth-order valence-corrected chi connectivity index (χ4v) is 4.03. The number of alkyl halides is 3. The fraction of sp³-hybridized carbons (Fsp3) is 0.391. The maximum Gasteiger partial charge on any atom is 0.573 e. The molecule has 1 aliphatic carbocycles. The molecule has 8 nitrogen and oxygen atoms in total. The largest absolute Gasteiger partial charge is 0.573 e. The minimum Gasteiger partial charge on any atom is -0.455 e. The molecule has 2 atom stereocenters. The number of ether oxygens (including phenoxy) is 2. The van der Waals surface area contributed by atoms with Gasteiger partial charge >= 0.3 is 18.4 Å². The van der Waals surface area contributed by atoms with Crippen LogP contribution in [0, 0.1) is 5.92 Å². The minimum atomic E-state index is -4.86. The first-order valence-electron chi connectivity index (χ1n) is 10.5. The summed E-state index contributed by atoms with van der Waals surface area (Å²) >= 11 is 0. The van der Waals surface area contributed by atoms with Crippen molar-refractivity contribution in [3.8, 4) is 5.75 Å². The molecule has 2 unspecified atom stereocenters. The average molecular weight is 477 g/mol. The zero-order valence-corrected chi connectivity index (χ0v) is 18.8. The van der Waals surface area contributed by atoms with E-state index in [1.165, 1.54) is 35.4 Å². The zero-order valence-electron chi connectivity index (χ0n) is 18.8. The Balaban J connectivity index is 1.67. The van der Waals surface area contributed by atoms with Gasteiger partial charge in [0.1, 0.15) is 22.6 Å². The van der Waals surface area contributed by atoms with Gasteiger partial charge in [0.05, 0.1) is 11.4 Å². The van der Waals surface area contributed by atoms with Crippen molar-refractivity contribution in [2.75, 3.05) is 9.80 Å². The van der Waals surface area contributed by atoms with E-state index >= 15 is 0 Å². The summed E-state index contributed by atoms with van der Waals surface area (Å²) in [5.41, 5.74) is -1.53. The molecule has 1 aromatic heterocycles. The summed E-state index contributed by atoms with van der Waals surface area (Å²) in [6.07, 6.45) is -3.12. The van der Waals surface area contributed by atoms with Gasteiger partial charge in [0.15, 0.2) is 0 Å². The first kappa shape index (κ1) is 23.5. The second-order valence-corrected chi connectivity index (χ2v) is 9.23. The second kappa shape index (κ2) is 7.71. The third kappa shape index (κ3) is 4.17. The minimum absolute atomic E-state index is 0.0248. The quantitative estimate of drug-likeness (QED) is 0.469. The van der Waals surface area contributed by atoms with Crippen molar-refractivity contribution >= 4 is 29.3 Å². The van der Waals surface area contributed by atoms with E-state index in [2.05, 4.69) is 9.72 Å². The Morgan fingerprint density at radius 3 is 2.24 bits per heavy atom. The van der Waals surface area contributed by atoms with Crippen LogP contribution < -0.4 is 14.5 Å². The number of halogens is 3. The average Bonchev–Trinajstić information content (AvgIpc) is 3.32. The van der Waals surface area contributed by atoms with E-state index in [9.17, 15) is 27.6 Å². The number of nitrogens with zero attached hydrogens (tertiary/aromatic N) is 3. The van der Waals surface area contributed by atoms with Crippen LogP contribution in [0.3, 0.4) is 0 Å². The molecule has 180 valence electrons. The van der Waals surface area contributed by atoms with Gasteiger partial charge in [-0.05, 0) is 69.5 Å². The zero-order chi connectivity index (χ0) is 25.1. The Morgan fingerprint density at radius 1 is 1.09 bits per heavy atom. The lowest BCUT2D eigenvalue weighted by Gasteiger charge is -2.23. The third-order valence-corrected chi connectivity index (χ3v) is 5.57. The van der Waals surface area contributed by atoms with Crippen molar-refractivity contribution in [3.63, 3.8) is 0 Å². The van der Waals surface area contributed by atoms with Crippen LogP contribution >= 0.6 is 0 Å². The highest BCUT2D eigenvalue weighted by Crippen LogP contribution is 2.55. The van der Waals surface area contributed by atoms with E-state index in [0.717, 1.165) is 17.0 Å². The number of urea groups is 1. The molecule has 0 bridgehead atoms. The molecule has 1 aliphatic heterocycles. The molecule has 2 heterocycles. The van der Waals surface area contributed by atoms with Gasteiger partial charge in [0.25, 0.3) is 5.91 Å². The number of carbonyl (C=O) groups is 3. The lowest BCUT2D eigenvalue weighted by molar-refractivity contribution is -0.274. The van der Waals surface area contributed by atoms with Gasteiger partial charge in [-0.2, -0.15) is 0 Å². The van der Waals surface area contributed by atoms with Crippen molar-refractivity contribution in [2.24, 2.45) is 5.92 Å². The second-order valence-electron chi connectivity index (χ2n) is 9.23. The summed E-state index contributed by atoms with van der Waals surface area (Å²) < 4.78 is 46.6. The van der Waals surface area contributed by atoms with Crippen molar-refractivity contribution in [3.05, 3.63) is 48.3 Å². The molecule has 4 rings (SSSR count). The summed E-state index contributed by atoms with van der Waals surface area (Å²) in [7, 11) is 0. The Morgan fingerprint density at radius 2 is 1.71 bits per heavy atom. The lowest BCUT2D eigenvalue weighted by atomic mass is 10.1. The van der Waals surface area contributed by atoms with Crippen molar-refractivity contribution < 1.29 is 37.0 Å². The van der Waals surface area contributed by atoms with Crippen LogP contribution in [0.25, 0.3) is 0 Å². The number of esters is 1. The van der Waals surface area contributed by atoms with Crippen LogP contribution in [0.4, 0.5) is 29.3 Å². The number of aromatic nitrogens is 1. The highest BCUT2D eigenvalue weighted by molar-refractivity contribution is 6.32. The van der Waals surface area contributed by atoms with E-state index in [1.54, 1.807) is 20.8 Å². The molecule has 1 aromatic carbocycles. The highest BCUT2D eigenvalue weighted by atomic mass is 19.4. The molecule has 34 heavy (non-hydrogen) atoms. The normalized spacial score (nSPS) is 22.4. The van der Waals surface area contributed by atoms with Crippen LogP contribution in [0.15, 0.2) is 42.6 Å². The number of amides is 3. The molecular weight excluding hydrogens is 455 g/mol. The fourth-order valence-electron chi connectivity index (χ4n) is 4.03. The van der Waals surface area contributed by atoms with Gasteiger partial charge in [0, 0.05) is 6.20 Å². The number of pyridine rings is 1. The number of benzene rings is 1. The smallest absolute Gasteiger partial charge is 0.455 e. The first-order chi connectivity index (χ1) is 15.7. The molecular formula is C23H22F3N3O5. The Labute approximate surface area is 193 Å². The third-order valence-electron chi connectivity index (χ3n) is 5.57. The molecule has 1 spiro atoms. The predicted octanol–water partition coefficient (Wildman–Crippen LogP) is 4.69. The van der Waals surface area contributed by atoms with E-state index in [1.807, 2.05) is 6.92 Å². The van der Waals surface area contributed by atoms with E-state index in [4.69, 9.17) is 4.74 Å². The summed E-state index contributed by atoms with van der Waals surface area (Å²) in [4.78, 5) is 45.5. The monoisotopic (exact) mass is 477 g/mol. The van der Waals surface area contributed by atoms with Crippen LogP contribution in [-0.2, 0) is 9.53 Å². The maximum absolute atomic E-state index is 13.4. The Kier molecular flexibility index (Phi) is 5.34. The molecule has 1 saturated heterocycles. The van der Waals surface area contributed by atoms with Crippen molar-refractivity contribution in [2.45, 2.75) is 51.6 Å². The summed E-state index contributed by atoms with van der Waals surface area (Å²) in [5.74, 6) is -1.81. The van der Waals surface area contributed by atoms with Crippen molar-refractivity contribution in [1.82, 2.24) is 4.98 Å².